The van der Waals surface area contributed by atoms with Crippen molar-refractivity contribution in [2.24, 2.45) is 0 Å². The zero-order valence-corrected chi connectivity index (χ0v) is 14.8. The number of aliphatic carboxylic acids is 1. The number of nitrogens with zero attached hydrogens (tertiary/aromatic N) is 1. The van der Waals surface area contributed by atoms with Crippen LogP contribution in [0.1, 0.15) is 30.6 Å². The minimum atomic E-state index is -1.43. The van der Waals surface area contributed by atoms with Crippen LogP contribution in [0.25, 0.3) is 0 Å². The smallest absolute Gasteiger partial charge is 0.329 e. The number of carboxylic acid groups (broad SMARTS) is 1. The number of hydrogen-bond acceptors (Lipinski definition) is 2. The predicted octanol–water partition coefficient (Wildman–Crippen LogP) is 4.89. The molecule has 0 aromatic heterocycles. The van der Waals surface area contributed by atoms with Crippen molar-refractivity contribution in [3.8, 4) is 0 Å². The van der Waals surface area contributed by atoms with Crippen LogP contribution in [0.15, 0.2) is 48.5 Å². The molecule has 0 heterocycles. The molecule has 6 heteroatoms. The highest BCUT2D eigenvalue weighted by Crippen LogP contribution is 2.33. The summed E-state index contributed by atoms with van der Waals surface area (Å²) in [4.78, 5) is 26.2. The van der Waals surface area contributed by atoms with Gasteiger partial charge in [0.05, 0.1) is 10.0 Å². The largest absolute Gasteiger partial charge is 0.479 e. The Morgan fingerprint density at radius 2 is 1.71 bits per heavy atom. The van der Waals surface area contributed by atoms with Crippen molar-refractivity contribution in [2.45, 2.75) is 25.8 Å². The first-order valence-electron chi connectivity index (χ1n) is 7.39. The van der Waals surface area contributed by atoms with E-state index in [1.165, 1.54) is 17.9 Å². The Kier molecular flexibility index (Phi) is 5.52. The number of hydrogen-bond donors (Lipinski definition) is 1. The molecule has 1 atom stereocenters. The van der Waals surface area contributed by atoms with E-state index in [-0.39, 0.29) is 11.4 Å². The summed E-state index contributed by atoms with van der Waals surface area (Å²) in [6.45, 7) is 3.23. The molecule has 0 bridgehead atoms. The van der Waals surface area contributed by atoms with Crippen molar-refractivity contribution in [3.05, 3.63) is 64.1 Å². The number of carbonyl (C=O) groups excluding carboxylic acids is 1. The van der Waals surface area contributed by atoms with Gasteiger partial charge in [0.1, 0.15) is 5.54 Å². The maximum atomic E-state index is 13.0. The van der Waals surface area contributed by atoms with Gasteiger partial charge in [-0.05, 0) is 43.7 Å². The molecule has 0 spiro atoms. The molecule has 2 aromatic carbocycles. The molecule has 4 nitrogen and oxygen atoms in total. The minimum Gasteiger partial charge on any atom is -0.479 e. The molecule has 1 N–H and O–H groups in total. The molecule has 0 aliphatic carbocycles. The lowest BCUT2D eigenvalue weighted by Gasteiger charge is -2.37. The highest BCUT2D eigenvalue weighted by molar-refractivity contribution is 6.42. The summed E-state index contributed by atoms with van der Waals surface area (Å²) in [5, 5.41) is 10.3. The van der Waals surface area contributed by atoms with Crippen LogP contribution in [0.4, 0.5) is 5.69 Å². The highest BCUT2D eigenvalue weighted by Gasteiger charge is 2.42. The van der Waals surface area contributed by atoms with Gasteiger partial charge >= 0.3 is 5.97 Å². The van der Waals surface area contributed by atoms with Crippen molar-refractivity contribution in [2.75, 3.05) is 4.90 Å². The van der Waals surface area contributed by atoms with Crippen LogP contribution in [0.2, 0.25) is 10.0 Å². The molecule has 0 saturated heterocycles. The van der Waals surface area contributed by atoms with E-state index in [2.05, 4.69) is 0 Å². The molecule has 0 aliphatic heterocycles. The summed E-state index contributed by atoms with van der Waals surface area (Å²) < 4.78 is 0. The van der Waals surface area contributed by atoms with Gasteiger partial charge in [-0.25, -0.2) is 4.79 Å². The van der Waals surface area contributed by atoms with Gasteiger partial charge in [-0.15, -0.1) is 0 Å². The maximum absolute atomic E-state index is 13.0. The second-order valence-electron chi connectivity index (χ2n) is 5.54. The molecule has 0 unspecified atom stereocenters. The summed E-state index contributed by atoms with van der Waals surface area (Å²) in [6.07, 6.45) is 0.223. The third-order valence-electron chi connectivity index (χ3n) is 4.03. The van der Waals surface area contributed by atoms with Gasteiger partial charge in [-0.3, -0.25) is 9.69 Å². The Balaban J connectivity index is 2.63. The summed E-state index contributed by atoms with van der Waals surface area (Å²) in [5.41, 5.74) is -0.654. The van der Waals surface area contributed by atoms with E-state index in [9.17, 15) is 14.7 Å². The lowest BCUT2D eigenvalue weighted by molar-refractivity contribution is -0.142. The summed E-state index contributed by atoms with van der Waals surface area (Å²) in [7, 11) is 0. The summed E-state index contributed by atoms with van der Waals surface area (Å²) >= 11 is 12.0. The van der Waals surface area contributed by atoms with Crippen LogP contribution in [0, 0.1) is 0 Å². The average Bonchev–Trinajstić information content (AvgIpc) is 2.58. The van der Waals surface area contributed by atoms with E-state index < -0.39 is 17.4 Å². The molecule has 126 valence electrons. The quantitative estimate of drug-likeness (QED) is 0.819. The van der Waals surface area contributed by atoms with E-state index >= 15 is 0 Å². The fourth-order valence-corrected chi connectivity index (χ4v) is 2.66. The second-order valence-corrected chi connectivity index (χ2v) is 6.35. The van der Waals surface area contributed by atoms with Crippen LogP contribution in [-0.4, -0.2) is 22.5 Å². The monoisotopic (exact) mass is 365 g/mol. The van der Waals surface area contributed by atoms with Gasteiger partial charge in [-0.2, -0.15) is 0 Å². The van der Waals surface area contributed by atoms with Crippen LogP contribution in [-0.2, 0) is 4.79 Å². The highest BCUT2D eigenvalue weighted by atomic mass is 35.5. The minimum absolute atomic E-state index is 0.223. The van der Waals surface area contributed by atoms with Gasteiger partial charge in [0.2, 0.25) is 0 Å². The third kappa shape index (κ3) is 3.40. The van der Waals surface area contributed by atoms with E-state index in [0.717, 1.165) is 0 Å². The lowest BCUT2D eigenvalue weighted by Crippen LogP contribution is -2.55. The standard InChI is InChI=1S/C18H17Cl2NO3/c1-3-18(2,17(23)24)21(13-9-10-14(19)15(20)11-13)16(22)12-7-5-4-6-8-12/h4-11H,3H2,1-2H3,(H,23,24)/t18-/m1/s1. The third-order valence-corrected chi connectivity index (χ3v) is 4.77. The van der Waals surface area contributed by atoms with Gasteiger partial charge in [0.15, 0.2) is 0 Å². The van der Waals surface area contributed by atoms with Crippen LogP contribution in [0.3, 0.4) is 0 Å². The van der Waals surface area contributed by atoms with Crippen LogP contribution >= 0.6 is 23.2 Å². The summed E-state index contributed by atoms with van der Waals surface area (Å²) in [6, 6.07) is 13.2. The molecular formula is C18H17Cl2NO3. The Morgan fingerprint density at radius 3 is 2.21 bits per heavy atom. The zero-order valence-electron chi connectivity index (χ0n) is 13.3. The fourth-order valence-electron chi connectivity index (χ4n) is 2.37. The fraction of sp³-hybridized carbons (Fsp3) is 0.222. The second kappa shape index (κ2) is 7.24. The Morgan fingerprint density at radius 1 is 1.08 bits per heavy atom. The lowest BCUT2D eigenvalue weighted by atomic mass is 9.94. The van der Waals surface area contributed by atoms with Crippen molar-refractivity contribution >= 4 is 40.8 Å². The number of rotatable bonds is 5. The number of anilines is 1. The molecule has 0 saturated carbocycles. The molecule has 2 rings (SSSR count). The maximum Gasteiger partial charge on any atom is 0.329 e. The first kappa shape index (κ1) is 18.3. The average molecular weight is 366 g/mol. The first-order chi connectivity index (χ1) is 11.3. The Labute approximate surface area is 150 Å². The van der Waals surface area contributed by atoms with Crippen molar-refractivity contribution in [1.82, 2.24) is 0 Å². The van der Waals surface area contributed by atoms with E-state index in [1.54, 1.807) is 49.4 Å². The number of carbonyl (C=O) groups is 2. The molecule has 0 fully saturated rings. The van der Waals surface area contributed by atoms with E-state index in [0.29, 0.717) is 16.3 Å². The van der Waals surface area contributed by atoms with Gasteiger partial charge < -0.3 is 5.11 Å². The number of halogens is 2. The van der Waals surface area contributed by atoms with Crippen LogP contribution < -0.4 is 4.90 Å². The molecule has 2 aromatic rings. The summed E-state index contributed by atoms with van der Waals surface area (Å²) in [5.74, 6) is -1.51. The normalized spacial score (nSPS) is 13.2. The SMILES string of the molecule is CC[C@](C)(C(=O)O)N(C(=O)c1ccccc1)c1ccc(Cl)c(Cl)c1. The first-order valence-corrected chi connectivity index (χ1v) is 8.15. The molecule has 24 heavy (non-hydrogen) atoms. The number of carboxylic acids is 1. The van der Waals surface area contributed by atoms with Gasteiger partial charge in [-0.1, -0.05) is 48.3 Å². The van der Waals surface area contributed by atoms with Crippen molar-refractivity contribution in [1.29, 1.82) is 0 Å². The van der Waals surface area contributed by atoms with E-state index in [1.807, 2.05) is 0 Å². The Hall–Kier alpha value is -2.04. The topological polar surface area (TPSA) is 57.6 Å². The molecule has 0 radical (unpaired) electrons. The van der Waals surface area contributed by atoms with Crippen molar-refractivity contribution in [3.63, 3.8) is 0 Å². The molecule has 0 aliphatic rings. The predicted molar refractivity (Wildman–Crippen MR) is 96.0 cm³/mol. The van der Waals surface area contributed by atoms with E-state index in [4.69, 9.17) is 23.2 Å². The van der Waals surface area contributed by atoms with Crippen LogP contribution in [0.5, 0.6) is 0 Å². The number of benzene rings is 2. The zero-order chi connectivity index (χ0) is 17.9. The Bertz CT molecular complexity index is 764. The molecule has 1 amide bonds. The van der Waals surface area contributed by atoms with Crippen molar-refractivity contribution < 1.29 is 14.7 Å². The molecular weight excluding hydrogens is 349 g/mol. The van der Waals surface area contributed by atoms with Gasteiger partial charge in [0, 0.05) is 11.3 Å². The van der Waals surface area contributed by atoms with Gasteiger partial charge in [0.25, 0.3) is 5.91 Å². The number of amides is 1.